The van der Waals surface area contributed by atoms with Crippen molar-refractivity contribution in [2.75, 3.05) is 4.90 Å². The quantitative estimate of drug-likeness (QED) is 0.741. The van der Waals surface area contributed by atoms with E-state index in [0.29, 0.717) is 12.1 Å². The first-order valence-corrected chi connectivity index (χ1v) is 7.72. The summed E-state index contributed by atoms with van der Waals surface area (Å²) in [5, 5.41) is 0. The molecule has 0 aliphatic carbocycles. The molecule has 0 bridgehead atoms. The Balaban J connectivity index is 1.99. The molecular weight excluding hydrogens is 300 g/mol. The number of aryl methyl sites for hydroxylation is 1. The Morgan fingerprint density at radius 3 is 2.17 bits per heavy atom. The summed E-state index contributed by atoms with van der Waals surface area (Å²) in [6.07, 6.45) is 1.58. The first-order valence-electron chi connectivity index (χ1n) is 7.72. The number of hydrogen-bond donors (Lipinski definition) is 0. The summed E-state index contributed by atoms with van der Waals surface area (Å²) in [6.45, 7) is 0.465. The van der Waals surface area contributed by atoms with Gasteiger partial charge in [-0.3, -0.25) is 9.59 Å². The second-order valence-corrected chi connectivity index (χ2v) is 5.58. The molecule has 1 aromatic heterocycles. The van der Waals surface area contributed by atoms with Gasteiger partial charge in [-0.25, -0.2) is 0 Å². The van der Waals surface area contributed by atoms with Gasteiger partial charge in [0.25, 0.3) is 5.91 Å². The van der Waals surface area contributed by atoms with Crippen LogP contribution in [0, 0.1) is 0 Å². The maximum absolute atomic E-state index is 13.0. The van der Waals surface area contributed by atoms with Crippen LogP contribution < -0.4 is 10.5 Å². The van der Waals surface area contributed by atoms with Crippen molar-refractivity contribution in [2.45, 2.75) is 6.54 Å². The molecule has 3 aromatic rings. The Bertz CT molecular complexity index is 886. The number of carbonyl (C=O) groups is 1. The van der Waals surface area contributed by atoms with Gasteiger partial charge in [0.05, 0.1) is 12.1 Å². The summed E-state index contributed by atoms with van der Waals surface area (Å²) in [5.74, 6) is -0.138. The lowest BCUT2D eigenvalue weighted by molar-refractivity contribution is 0.0984. The van der Waals surface area contributed by atoms with E-state index in [2.05, 4.69) is 0 Å². The molecule has 0 fully saturated rings. The van der Waals surface area contributed by atoms with Gasteiger partial charge in [-0.05, 0) is 23.8 Å². The first-order chi connectivity index (χ1) is 11.6. The Morgan fingerprint density at radius 1 is 0.917 bits per heavy atom. The van der Waals surface area contributed by atoms with Crippen molar-refractivity contribution in [3.8, 4) is 0 Å². The van der Waals surface area contributed by atoms with Gasteiger partial charge in [0.1, 0.15) is 0 Å². The highest BCUT2D eigenvalue weighted by Crippen LogP contribution is 2.19. The third kappa shape index (κ3) is 3.43. The highest BCUT2D eigenvalue weighted by Gasteiger charge is 2.18. The zero-order valence-corrected chi connectivity index (χ0v) is 13.4. The van der Waals surface area contributed by atoms with Crippen LogP contribution in [0.3, 0.4) is 0 Å². The van der Waals surface area contributed by atoms with Crippen LogP contribution in [0.2, 0.25) is 0 Å². The summed E-state index contributed by atoms with van der Waals surface area (Å²) in [4.78, 5) is 26.3. The number of para-hydroxylation sites is 1. The van der Waals surface area contributed by atoms with Crippen molar-refractivity contribution >= 4 is 11.6 Å². The minimum atomic E-state index is -0.138. The normalized spacial score (nSPS) is 10.4. The lowest BCUT2D eigenvalue weighted by Crippen LogP contribution is -2.31. The van der Waals surface area contributed by atoms with Crippen molar-refractivity contribution in [2.24, 2.45) is 7.05 Å². The molecule has 4 nitrogen and oxygen atoms in total. The maximum atomic E-state index is 13.0. The molecule has 0 saturated carbocycles. The molecule has 2 aromatic carbocycles. The number of hydrogen-bond acceptors (Lipinski definition) is 2. The van der Waals surface area contributed by atoms with Gasteiger partial charge in [0.15, 0.2) is 0 Å². The van der Waals surface area contributed by atoms with Gasteiger partial charge in [-0.15, -0.1) is 0 Å². The third-order valence-corrected chi connectivity index (χ3v) is 3.83. The highest BCUT2D eigenvalue weighted by molar-refractivity contribution is 6.05. The van der Waals surface area contributed by atoms with Crippen molar-refractivity contribution in [1.29, 1.82) is 0 Å². The fraction of sp³-hybridized carbons (Fsp3) is 0.100. The van der Waals surface area contributed by atoms with Crippen LogP contribution in [0.15, 0.2) is 83.8 Å². The Kier molecular flexibility index (Phi) is 4.57. The van der Waals surface area contributed by atoms with E-state index < -0.39 is 0 Å². The molecular formula is C20H18N2O2. The van der Waals surface area contributed by atoms with E-state index in [-0.39, 0.29) is 11.5 Å². The van der Waals surface area contributed by atoms with Crippen LogP contribution in [0.1, 0.15) is 15.9 Å². The fourth-order valence-electron chi connectivity index (χ4n) is 2.53. The van der Waals surface area contributed by atoms with Crippen LogP contribution in [0.5, 0.6) is 0 Å². The molecule has 24 heavy (non-hydrogen) atoms. The van der Waals surface area contributed by atoms with E-state index >= 15 is 0 Å². The molecule has 0 atom stereocenters. The van der Waals surface area contributed by atoms with Crippen LogP contribution in [-0.4, -0.2) is 10.5 Å². The molecule has 4 heteroatoms. The van der Waals surface area contributed by atoms with Crippen molar-refractivity contribution in [3.05, 3.63) is 100 Å². The summed E-state index contributed by atoms with van der Waals surface area (Å²) in [5.41, 5.74) is 2.21. The molecule has 0 N–H and O–H groups in total. The molecule has 120 valence electrons. The van der Waals surface area contributed by atoms with Gasteiger partial charge in [0, 0.05) is 25.0 Å². The average molecular weight is 318 g/mol. The molecule has 0 spiro atoms. The molecule has 1 amide bonds. The van der Waals surface area contributed by atoms with Gasteiger partial charge in [-0.2, -0.15) is 0 Å². The van der Waals surface area contributed by atoms with E-state index in [9.17, 15) is 9.59 Å². The number of pyridine rings is 1. The molecule has 0 aliphatic heterocycles. The molecule has 1 heterocycles. The van der Waals surface area contributed by atoms with Crippen LogP contribution in [0.4, 0.5) is 5.69 Å². The zero-order chi connectivity index (χ0) is 16.9. The monoisotopic (exact) mass is 318 g/mol. The number of benzene rings is 2. The average Bonchev–Trinajstić information content (AvgIpc) is 2.63. The van der Waals surface area contributed by atoms with Gasteiger partial charge >= 0.3 is 0 Å². The van der Waals surface area contributed by atoms with E-state index in [1.54, 1.807) is 24.2 Å². The molecule has 0 radical (unpaired) electrons. The minimum absolute atomic E-state index is 0.138. The topological polar surface area (TPSA) is 42.3 Å². The second-order valence-electron chi connectivity index (χ2n) is 5.58. The lowest BCUT2D eigenvalue weighted by atomic mass is 10.1. The van der Waals surface area contributed by atoms with Crippen molar-refractivity contribution in [1.82, 2.24) is 4.57 Å². The van der Waals surface area contributed by atoms with Crippen LogP contribution in [-0.2, 0) is 13.6 Å². The number of amides is 1. The van der Waals surface area contributed by atoms with Gasteiger partial charge < -0.3 is 9.47 Å². The standard InChI is InChI=1S/C20H18N2O2/c1-21-15-17(12-13-19(21)23)20(24)22(18-10-6-3-7-11-18)14-16-8-4-2-5-9-16/h2-13,15H,14H2,1H3. The second kappa shape index (κ2) is 6.96. The number of nitrogens with zero attached hydrogens (tertiary/aromatic N) is 2. The Labute approximate surface area is 140 Å². The fourth-order valence-corrected chi connectivity index (χ4v) is 2.53. The summed E-state index contributed by atoms with van der Waals surface area (Å²) in [7, 11) is 1.64. The predicted octanol–water partition coefficient (Wildman–Crippen LogP) is 3.23. The van der Waals surface area contributed by atoms with Crippen molar-refractivity contribution < 1.29 is 4.79 Å². The maximum Gasteiger partial charge on any atom is 0.260 e. The smallest absolute Gasteiger partial charge is 0.260 e. The Morgan fingerprint density at radius 2 is 1.54 bits per heavy atom. The summed E-state index contributed by atoms with van der Waals surface area (Å²) < 4.78 is 1.42. The number of carbonyl (C=O) groups excluding carboxylic acids is 1. The largest absolute Gasteiger partial charge is 0.318 e. The van der Waals surface area contributed by atoms with Gasteiger partial charge in [-0.1, -0.05) is 48.5 Å². The Hall–Kier alpha value is -3.14. The first kappa shape index (κ1) is 15.7. The number of anilines is 1. The SMILES string of the molecule is Cn1cc(C(=O)N(Cc2ccccc2)c2ccccc2)ccc1=O. The van der Waals surface area contributed by atoms with Crippen molar-refractivity contribution in [3.63, 3.8) is 0 Å². The molecule has 0 unspecified atom stereocenters. The zero-order valence-electron chi connectivity index (χ0n) is 13.4. The predicted molar refractivity (Wildman–Crippen MR) is 95.1 cm³/mol. The highest BCUT2D eigenvalue weighted by atomic mass is 16.2. The minimum Gasteiger partial charge on any atom is -0.318 e. The lowest BCUT2D eigenvalue weighted by Gasteiger charge is -2.23. The van der Waals surface area contributed by atoms with Crippen LogP contribution >= 0.6 is 0 Å². The number of aromatic nitrogens is 1. The van der Waals surface area contributed by atoms with Gasteiger partial charge in [0.2, 0.25) is 5.56 Å². The molecule has 0 aliphatic rings. The summed E-state index contributed by atoms with van der Waals surface area (Å²) >= 11 is 0. The summed E-state index contributed by atoms with van der Waals surface area (Å²) in [6, 6.07) is 22.4. The van der Waals surface area contributed by atoms with E-state index in [4.69, 9.17) is 0 Å². The molecule has 3 rings (SSSR count). The van der Waals surface area contributed by atoms with Crippen LogP contribution in [0.25, 0.3) is 0 Å². The number of rotatable bonds is 4. The molecule has 0 saturated heterocycles. The van der Waals surface area contributed by atoms with E-state index in [0.717, 1.165) is 11.3 Å². The third-order valence-electron chi connectivity index (χ3n) is 3.83. The van der Waals surface area contributed by atoms with E-state index in [1.165, 1.54) is 10.6 Å². The van der Waals surface area contributed by atoms with E-state index in [1.807, 2.05) is 60.7 Å².